The van der Waals surface area contributed by atoms with Crippen LogP contribution in [0.25, 0.3) is 11.1 Å². The van der Waals surface area contributed by atoms with E-state index < -0.39 is 17.7 Å². The molecular formula is C22H27NO4. The molecule has 0 aromatic heterocycles. The summed E-state index contributed by atoms with van der Waals surface area (Å²) in [6.45, 7) is 7.41. The zero-order valence-electron chi connectivity index (χ0n) is 16.3. The number of rotatable bonds is 6. The average Bonchev–Trinajstić information content (AvgIpc) is 2.58. The molecular weight excluding hydrogens is 342 g/mol. The molecule has 0 saturated carbocycles. The van der Waals surface area contributed by atoms with Gasteiger partial charge in [-0.2, -0.15) is 0 Å². The normalized spacial score (nSPS) is 12.3. The fourth-order valence-corrected chi connectivity index (χ4v) is 2.67. The van der Waals surface area contributed by atoms with Crippen LogP contribution in [-0.2, 0) is 16.0 Å². The fourth-order valence-electron chi connectivity index (χ4n) is 2.67. The Bertz CT molecular complexity index is 791. The Morgan fingerprint density at radius 2 is 1.74 bits per heavy atom. The molecule has 0 heterocycles. The van der Waals surface area contributed by atoms with E-state index in [2.05, 4.69) is 5.32 Å². The molecule has 0 unspecified atom stereocenters. The van der Waals surface area contributed by atoms with Crippen LogP contribution in [0.5, 0.6) is 0 Å². The second kappa shape index (κ2) is 8.71. The van der Waals surface area contributed by atoms with Gasteiger partial charge in [-0.05, 0) is 62.4 Å². The van der Waals surface area contributed by atoms with E-state index in [1.807, 2.05) is 76.2 Å². The minimum atomic E-state index is -0.793. The van der Waals surface area contributed by atoms with E-state index in [4.69, 9.17) is 9.84 Å². The first-order chi connectivity index (χ1) is 12.6. The third-order valence-corrected chi connectivity index (χ3v) is 4.03. The Labute approximate surface area is 160 Å². The molecule has 0 spiro atoms. The molecule has 144 valence electrons. The first-order valence-electron chi connectivity index (χ1n) is 9.04. The van der Waals surface area contributed by atoms with Crippen LogP contribution in [-0.4, -0.2) is 22.8 Å². The van der Waals surface area contributed by atoms with Gasteiger partial charge in [0.15, 0.2) is 0 Å². The number of benzene rings is 2. The molecule has 2 N–H and O–H groups in total. The third-order valence-electron chi connectivity index (χ3n) is 4.03. The largest absolute Gasteiger partial charge is 0.481 e. The lowest BCUT2D eigenvalue weighted by molar-refractivity contribution is -0.136. The Hall–Kier alpha value is -2.82. The quantitative estimate of drug-likeness (QED) is 0.755. The van der Waals surface area contributed by atoms with Gasteiger partial charge in [-0.1, -0.05) is 42.5 Å². The maximum Gasteiger partial charge on any atom is 0.408 e. The van der Waals surface area contributed by atoms with Crippen molar-refractivity contribution in [2.24, 2.45) is 0 Å². The van der Waals surface area contributed by atoms with Crippen LogP contribution in [0.4, 0.5) is 4.79 Å². The minimum Gasteiger partial charge on any atom is -0.481 e. The minimum absolute atomic E-state index is 0.128. The van der Waals surface area contributed by atoms with Crippen LogP contribution in [0.2, 0.25) is 0 Å². The summed E-state index contributed by atoms with van der Waals surface area (Å²) in [6, 6.07) is 15.7. The molecule has 27 heavy (non-hydrogen) atoms. The maximum atomic E-state index is 12.0. The zero-order valence-corrected chi connectivity index (χ0v) is 16.3. The molecule has 5 heteroatoms. The monoisotopic (exact) mass is 369 g/mol. The highest BCUT2D eigenvalue weighted by Crippen LogP contribution is 2.24. The van der Waals surface area contributed by atoms with Crippen molar-refractivity contribution in [3.63, 3.8) is 0 Å². The fraction of sp³-hybridized carbons (Fsp3) is 0.364. The molecule has 0 fully saturated rings. The number of nitrogens with one attached hydrogen (secondary N) is 1. The molecule has 1 amide bonds. The first kappa shape index (κ1) is 20.5. The van der Waals surface area contributed by atoms with E-state index in [1.54, 1.807) is 0 Å². The number of carboxylic acids is 1. The molecule has 0 aliphatic heterocycles. The van der Waals surface area contributed by atoms with Gasteiger partial charge in [0.1, 0.15) is 5.60 Å². The Kier molecular flexibility index (Phi) is 6.61. The number of carbonyl (C=O) groups is 2. The molecule has 0 saturated heterocycles. The van der Waals surface area contributed by atoms with Crippen molar-refractivity contribution in [3.8, 4) is 11.1 Å². The lowest BCUT2D eigenvalue weighted by Gasteiger charge is -2.22. The van der Waals surface area contributed by atoms with Gasteiger partial charge in [-0.15, -0.1) is 0 Å². The molecule has 0 aliphatic rings. The molecule has 0 bridgehead atoms. The molecule has 2 rings (SSSR count). The standard InChI is InChI=1S/C22H27NO4/c1-15(23-21(26)27-22(2,3)4)18-6-5-7-19(14-18)17-11-8-16(9-12-17)10-13-20(24)25/h5-9,11-12,14-15H,10,13H2,1-4H3,(H,23,26)(H,24,25)/t15-/m1/s1. The van der Waals surface area contributed by atoms with Crippen LogP contribution in [0.15, 0.2) is 48.5 Å². The smallest absolute Gasteiger partial charge is 0.408 e. The highest BCUT2D eigenvalue weighted by atomic mass is 16.6. The number of alkyl carbamates (subject to hydrolysis) is 1. The molecule has 5 nitrogen and oxygen atoms in total. The lowest BCUT2D eigenvalue weighted by Crippen LogP contribution is -2.34. The summed E-state index contributed by atoms with van der Waals surface area (Å²) < 4.78 is 5.31. The van der Waals surface area contributed by atoms with Gasteiger partial charge in [-0.25, -0.2) is 4.79 Å². The van der Waals surface area contributed by atoms with Crippen molar-refractivity contribution >= 4 is 12.1 Å². The van der Waals surface area contributed by atoms with E-state index >= 15 is 0 Å². The van der Waals surface area contributed by atoms with Gasteiger partial charge in [-0.3, -0.25) is 4.79 Å². The number of hydrogen-bond donors (Lipinski definition) is 2. The Balaban J connectivity index is 2.08. The summed E-state index contributed by atoms with van der Waals surface area (Å²) >= 11 is 0. The molecule has 2 aromatic rings. The van der Waals surface area contributed by atoms with Gasteiger partial charge < -0.3 is 15.2 Å². The van der Waals surface area contributed by atoms with E-state index in [-0.39, 0.29) is 12.5 Å². The summed E-state index contributed by atoms with van der Waals surface area (Å²) in [5.41, 5.74) is 3.52. The summed E-state index contributed by atoms with van der Waals surface area (Å²) in [4.78, 5) is 22.6. The number of carbonyl (C=O) groups excluding carboxylic acids is 1. The van der Waals surface area contributed by atoms with Crippen molar-refractivity contribution in [2.75, 3.05) is 0 Å². The highest BCUT2D eigenvalue weighted by Gasteiger charge is 2.18. The number of carboxylic acid groups (broad SMARTS) is 1. The second-order valence-electron chi connectivity index (χ2n) is 7.58. The molecule has 0 aliphatic carbocycles. The second-order valence-corrected chi connectivity index (χ2v) is 7.58. The van der Waals surface area contributed by atoms with Crippen LogP contribution >= 0.6 is 0 Å². The first-order valence-corrected chi connectivity index (χ1v) is 9.04. The lowest BCUT2D eigenvalue weighted by atomic mass is 9.98. The topological polar surface area (TPSA) is 75.6 Å². The predicted octanol–water partition coefficient (Wildman–Crippen LogP) is 4.96. The van der Waals surface area contributed by atoms with Gasteiger partial charge in [0.25, 0.3) is 0 Å². The summed E-state index contributed by atoms with van der Waals surface area (Å²) in [7, 11) is 0. The van der Waals surface area contributed by atoms with Gasteiger partial charge in [0.2, 0.25) is 0 Å². The van der Waals surface area contributed by atoms with Crippen molar-refractivity contribution in [1.29, 1.82) is 0 Å². The maximum absolute atomic E-state index is 12.0. The number of amides is 1. The molecule has 2 aromatic carbocycles. The van der Waals surface area contributed by atoms with Crippen LogP contribution < -0.4 is 5.32 Å². The molecule has 1 atom stereocenters. The number of hydrogen-bond acceptors (Lipinski definition) is 3. The average molecular weight is 369 g/mol. The number of aliphatic carboxylic acids is 1. The Morgan fingerprint density at radius 1 is 1.07 bits per heavy atom. The molecule has 0 radical (unpaired) electrons. The zero-order chi connectivity index (χ0) is 20.0. The summed E-state index contributed by atoms with van der Waals surface area (Å²) in [5, 5.41) is 11.6. The van der Waals surface area contributed by atoms with E-state index in [1.165, 1.54) is 0 Å². The van der Waals surface area contributed by atoms with Gasteiger partial charge >= 0.3 is 12.1 Å². The number of aryl methyl sites for hydroxylation is 1. The predicted molar refractivity (Wildman–Crippen MR) is 106 cm³/mol. The summed E-state index contributed by atoms with van der Waals surface area (Å²) in [5.74, 6) is -0.793. The van der Waals surface area contributed by atoms with E-state index in [9.17, 15) is 9.59 Å². The third kappa shape index (κ3) is 6.77. The van der Waals surface area contributed by atoms with Crippen molar-refractivity contribution in [2.45, 2.75) is 52.2 Å². The SMILES string of the molecule is C[C@@H](NC(=O)OC(C)(C)C)c1cccc(-c2ccc(CCC(=O)O)cc2)c1. The van der Waals surface area contributed by atoms with E-state index in [0.717, 1.165) is 22.3 Å². The van der Waals surface area contributed by atoms with Crippen molar-refractivity contribution in [3.05, 3.63) is 59.7 Å². The van der Waals surface area contributed by atoms with Crippen LogP contribution in [0, 0.1) is 0 Å². The van der Waals surface area contributed by atoms with Crippen molar-refractivity contribution in [1.82, 2.24) is 5.32 Å². The summed E-state index contributed by atoms with van der Waals surface area (Å²) in [6.07, 6.45) is 0.206. The van der Waals surface area contributed by atoms with Crippen LogP contribution in [0.3, 0.4) is 0 Å². The van der Waals surface area contributed by atoms with Gasteiger partial charge in [0.05, 0.1) is 6.04 Å². The van der Waals surface area contributed by atoms with Gasteiger partial charge in [0, 0.05) is 6.42 Å². The highest BCUT2D eigenvalue weighted by molar-refractivity contribution is 5.69. The Morgan fingerprint density at radius 3 is 2.33 bits per heavy atom. The van der Waals surface area contributed by atoms with Crippen molar-refractivity contribution < 1.29 is 19.4 Å². The van der Waals surface area contributed by atoms with E-state index in [0.29, 0.717) is 6.42 Å². The van der Waals surface area contributed by atoms with Crippen LogP contribution in [0.1, 0.15) is 51.3 Å². The number of ether oxygens (including phenoxy) is 1.